The smallest absolute Gasteiger partial charge is 0.188 e. The minimum atomic E-state index is 0. The largest absolute Gasteiger partial charge is 0.372 e. The highest BCUT2D eigenvalue weighted by Crippen LogP contribution is 2.09. The monoisotopic (exact) mass is 467 g/mol. The highest BCUT2D eigenvalue weighted by Gasteiger charge is 1.98. The van der Waals surface area contributed by atoms with Gasteiger partial charge in [0.05, 0.1) is 19.8 Å². The van der Waals surface area contributed by atoms with E-state index in [2.05, 4.69) is 60.6 Å². The maximum atomic E-state index is 5.88. The standard InChI is InChI=1S/C21H29N3O.HI/c1-17(2)12-13-23-21(22)24-14-18-8-10-20(11-9-18)16-25-15-19-6-4-3-5-7-19;/h3-11,17H,12-16H2,1-2H3,(H3,22,23,24);1H. The molecule has 0 heterocycles. The van der Waals surface area contributed by atoms with E-state index in [1.807, 2.05) is 18.2 Å². The molecule has 0 aliphatic carbocycles. The lowest BCUT2D eigenvalue weighted by Gasteiger charge is -2.08. The molecule has 0 bridgehead atoms. The molecule has 0 amide bonds. The molecule has 0 fully saturated rings. The van der Waals surface area contributed by atoms with Gasteiger partial charge in [-0.2, -0.15) is 0 Å². The molecule has 3 N–H and O–H groups in total. The maximum Gasteiger partial charge on any atom is 0.188 e. The number of aliphatic imine (C=N–C) groups is 1. The van der Waals surface area contributed by atoms with E-state index in [0.29, 0.717) is 31.6 Å². The lowest BCUT2D eigenvalue weighted by atomic mass is 10.1. The second-order valence-corrected chi connectivity index (χ2v) is 6.61. The summed E-state index contributed by atoms with van der Waals surface area (Å²) in [5.41, 5.74) is 9.36. The molecule has 5 heteroatoms. The third kappa shape index (κ3) is 9.20. The summed E-state index contributed by atoms with van der Waals surface area (Å²) in [5, 5.41) is 3.15. The van der Waals surface area contributed by atoms with E-state index >= 15 is 0 Å². The van der Waals surface area contributed by atoms with Crippen molar-refractivity contribution in [3.63, 3.8) is 0 Å². The summed E-state index contributed by atoms with van der Waals surface area (Å²) in [6.45, 7) is 7.08. The van der Waals surface area contributed by atoms with E-state index in [1.165, 1.54) is 5.56 Å². The number of hydrogen-bond donors (Lipinski definition) is 2. The first-order valence-corrected chi connectivity index (χ1v) is 8.87. The Morgan fingerprint density at radius 1 is 0.962 bits per heavy atom. The van der Waals surface area contributed by atoms with Crippen LogP contribution in [0.2, 0.25) is 0 Å². The number of guanidine groups is 1. The van der Waals surface area contributed by atoms with E-state index < -0.39 is 0 Å². The number of nitrogens with one attached hydrogen (secondary N) is 1. The van der Waals surface area contributed by atoms with Crippen molar-refractivity contribution in [3.8, 4) is 0 Å². The number of rotatable bonds is 9. The predicted octanol–water partition coefficient (Wildman–Crippen LogP) is 4.47. The van der Waals surface area contributed by atoms with Crippen LogP contribution < -0.4 is 11.1 Å². The van der Waals surface area contributed by atoms with Crippen molar-refractivity contribution in [2.75, 3.05) is 6.54 Å². The van der Waals surface area contributed by atoms with Crippen molar-refractivity contribution < 1.29 is 4.74 Å². The van der Waals surface area contributed by atoms with E-state index in [0.717, 1.165) is 24.1 Å². The normalized spacial score (nSPS) is 11.3. The molecule has 0 aliphatic heterocycles. The summed E-state index contributed by atoms with van der Waals surface area (Å²) in [5.74, 6) is 1.17. The summed E-state index contributed by atoms with van der Waals surface area (Å²) >= 11 is 0. The van der Waals surface area contributed by atoms with Crippen molar-refractivity contribution in [2.45, 2.75) is 40.0 Å². The maximum absolute atomic E-state index is 5.88. The molecular weight excluding hydrogens is 437 g/mol. The topological polar surface area (TPSA) is 59.6 Å². The Morgan fingerprint density at radius 3 is 2.15 bits per heavy atom. The van der Waals surface area contributed by atoms with Gasteiger partial charge in [0, 0.05) is 6.54 Å². The molecule has 142 valence electrons. The van der Waals surface area contributed by atoms with Gasteiger partial charge in [0.25, 0.3) is 0 Å². The molecule has 0 saturated heterocycles. The van der Waals surface area contributed by atoms with Crippen LogP contribution in [-0.2, 0) is 24.5 Å². The number of hydrogen-bond acceptors (Lipinski definition) is 2. The third-order valence-electron chi connectivity index (χ3n) is 3.86. The van der Waals surface area contributed by atoms with Gasteiger partial charge >= 0.3 is 0 Å². The fourth-order valence-electron chi connectivity index (χ4n) is 2.32. The van der Waals surface area contributed by atoms with Gasteiger partial charge in [-0.1, -0.05) is 68.4 Å². The zero-order valence-corrected chi connectivity index (χ0v) is 18.0. The van der Waals surface area contributed by atoms with Gasteiger partial charge in [0.1, 0.15) is 0 Å². The van der Waals surface area contributed by atoms with Crippen LogP contribution in [0.4, 0.5) is 0 Å². The summed E-state index contributed by atoms with van der Waals surface area (Å²) in [6, 6.07) is 18.5. The highest BCUT2D eigenvalue weighted by molar-refractivity contribution is 14.0. The summed E-state index contributed by atoms with van der Waals surface area (Å²) in [4.78, 5) is 4.37. The van der Waals surface area contributed by atoms with Crippen molar-refractivity contribution in [3.05, 3.63) is 71.3 Å². The molecule has 2 aromatic carbocycles. The number of nitrogens with two attached hydrogens (primary N) is 1. The zero-order valence-electron chi connectivity index (χ0n) is 15.7. The Morgan fingerprint density at radius 2 is 1.54 bits per heavy atom. The molecular formula is C21H30IN3O. The molecule has 0 aromatic heterocycles. The van der Waals surface area contributed by atoms with E-state index in [9.17, 15) is 0 Å². The first-order chi connectivity index (χ1) is 12.1. The Hall–Kier alpha value is -1.60. The highest BCUT2D eigenvalue weighted by atomic mass is 127. The van der Waals surface area contributed by atoms with Gasteiger partial charge in [-0.05, 0) is 29.0 Å². The Labute approximate surface area is 174 Å². The minimum absolute atomic E-state index is 0. The van der Waals surface area contributed by atoms with E-state index in [-0.39, 0.29) is 24.0 Å². The Kier molecular flexibility index (Phi) is 11.0. The van der Waals surface area contributed by atoms with Crippen molar-refractivity contribution in [1.82, 2.24) is 5.32 Å². The summed E-state index contributed by atoms with van der Waals surface area (Å²) in [7, 11) is 0. The Balaban J connectivity index is 0.00000338. The van der Waals surface area contributed by atoms with Gasteiger partial charge in [-0.25, -0.2) is 4.99 Å². The fourth-order valence-corrected chi connectivity index (χ4v) is 2.32. The zero-order chi connectivity index (χ0) is 17.9. The van der Waals surface area contributed by atoms with Crippen LogP contribution in [0.1, 0.15) is 37.0 Å². The van der Waals surface area contributed by atoms with Crippen LogP contribution in [0, 0.1) is 5.92 Å². The average Bonchev–Trinajstić information content (AvgIpc) is 2.62. The molecule has 0 aliphatic rings. The molecule has 0 atom stereocenters. The second kappa shape index (κ2) is 12.7. The SMILES string of the molecule is CC(C)CCNC(N)=NCc1ccc(COCc2ccccc2)cc1.I. The quantitative estimate of drug-likeness (QED) is 0.325. The molecule has 0 radical (unpaired) electrons. The number of ether oxygens (including phenoxy) is 1. The van der Waals surface area contributed by atoms with Gasteiger partial charge in [-0.15, -0.1) is 24.0 Å². The van der Waals surface area contributed by atoms with Gasteiger partial charge < -0.3 is 15.8 Å². The number of halogens is 1. The lowest BCUT2D eigenvalue weighted by molar-refractivity contribution is 0.107. The first kappa shape index (κ1) is 22.4. The van der Waals surface area contributed by atoms with Gasteiger partial charge in [0.15, 0.2) is 5.96 Å². The van der Waals surface area contributed by atoms with Crippen LogP contribution in [-0.4, -0.2) is 12.5 Å². The molecule has 0 spiro atoms. The first-order valence-electron chi connectivity index (χ1n) is 8.87. The van der Waals surface area contributed by atoms with Crippen LogP contribution in [0.3, 0.4) is 0 Å². The van der Waals surface area contributed by atoms with E-state index in [4.69, 9.17) is 10.5 Å². The van der Waals surface area contributed by atoms with Crippen molar-refractivity contribution in [2.24, 2.45) is 16.6 Å². The molecule has 26 heavy (non-hydrogen) atoms. The van der Waals surface area contributed by atoms with Crippen LogP contribution in [0.15, 0.2) is 59.6 Å². The summed E-state index contributed by atoms with van der Waals surface area (Å²) < 4.78 is 5.75. The second-order valence-electron chi connectivity index (χ2n) is 6.61. The molecule has 2 aromatic rings. The average molecular weight is 467 g/mol. The van der Waals surface area contributed by atoms with Gasteiger partial charge in [-0.3, -0.25) is 0 Å². The lowest BCUT2D eigenvalue weighted by Crippen LogP contribution is -2.32. The molecule has 4 nitrogen and oxygen atoms in total. The molecule has 2 rings (SSSR count). The summed E-state index contributed by atoms with van der Waals surface area (Å²) in [6.07, 6.45) is 1.09. The molecule has 0 unspecified atom stereocenters. The van der Waals surface area contributed by atoms with Crippen molar-refractivity contribution >= 4 is 29.9 Å². The third-order valence-corrected chi connectivity index (χ3v) is 3.86. The van der Waals surface area contributed by atoms with E-state index in [1.54, 1.807) is 0 Å². The minimum Gasteiger partial charge on any atom is -0.372 e. The van der Waals surface area contributed by atoms with Gasteiger partial charge in [0.2, 0.25) is 0 Å². The number of benzene rings is 2. The van der Waals surface area contributed by atoms with Crippen LogP contribution >= 0.6 is 24.0 Å². The van der Waals surface area contributed by atoms with Crippen LogP contribution in [0.25, 0.3) is 0 Å². The Bertz CT molecular complexity index is 642. The number of nitrogens with zero attached hydrogens (tertiary/aromatic N) is 1. The molecule has 0 saturated carbocycles. The predicted molar refractivity (Wildman–Crippen MR) is 120 cm³/mol. The van der Waals surface area contributed by atoms with Crippen LogP contribution in [0.5, 0.6) is 0 Å². The van der Waals surface area contributed by atoms with Crippen molar-refractivity contribution in [1.29, 1.82) is 0 Å². The fraction of sp³-hybridized carbons (Fsp3) is 0.381.